The number of piperazine rings is 1. The van der Waals surface area contributed by atoms with Gasteiger partial charge < -0.3 is 10.2 Å². The van der Waals surface area contributed by atoms with E-state index in [4.69, 9.17) is 11.6 Å². The summed E-state index contributed by atoms with van der Waals surface area (Å²) in [5, 5.41) is 4.22. The molecule has 0 radical (unpaired) electrons. The molecule has 106 valence electrons. The first-order valence-electron chi connectivity index (χ1n) is 7.22. The lowest BCUT2D eigenvalue weighted by molar-refractivity contribution is 0.136. The van der Waals surface area contributed by atoms with Gasteiger partial charge in [-0.1, -0.05) is 24.6 Å². The molecule has 19 heavy (non-hydrogen) atoms. The molecule has 0 saturated carbocycles. The Morgan fingerprint density at radius 1 is 1.11 bits per heavy atom. The van der Waals surface area contributed by atoms with Crippen LogP contribution in [-0.2, 0) is 0 Å². The molecule has 1 fully saturated rings. The van der Waals surface area contributed by atoms with Gasteiger partial charge in [0.05, 0.1) is 0 Å². The zero-order valence-corrected chi connectivity index (χ0v) is 12.5. The zero-order chi connectivity index (χ0) is 13.5. The van der Waals surface area contributed by atoms with Gasteiger partial charge in [0.15, 0.2) is 0 Å². The Morgan fingerprint density at radius 2 is 1.79 bits per heavy atom. The van der Waals surface area contributed by atoms with Gasteiger partial charge in [0.25, 0.3) is 0 Å². The van der Waals surface area contributed by atoms with E-state index in [1.54, 1.807) is 0 Å². The highest BCUT2D eigenvalue weighted by molar-refractivity contribution is 6.30. The minimum atomic E-state index is 0.790. The topological polar surface area (TPSA) is 18.5 Å². The fourth-order valence-electron chi connectivity index (χ4n) is 2.51. The van der Waals surface area contributed by atoms with Crippen molar-refractivity contribution >= 4 is 17.3 Å². The van der Waals surface area contributed by atoms with Crippen molar-refractivity contribution in [3.63, 3.8) is 0 Å². The van der Waals surface area contributed by atoms with Crippen molar-refractivity contribution in [3.8, 4) is 0 Å². The average molecular weight is 282 g/mol. The van der Waals surface area contributed by atoms with Crippen molar-refractivity contribution in [2.45, 2.75) is 13.3 Å². The number of hydrogen-bond donors (Lipinski definition) is 1. The van der Waals surface area contributed by atoms with Crippen LogP contribution in [0.4, 0.5) is 5.69 Å². The van der Waals surface area contributed by atoms with Gasteiger partial charge in [-0.05, 0) is 31.2 Å². The smallest absolute Gasteiger partial charge is 0.0426 e. The van der Waals surface area contributed by atoms with E-state index in [1.165, 1.54) is 39.1 Å². The number of hydrogen-bond acceptors (Lipinski definition) is 3. The molecule has 1 aliphatic heterocycles. The lowest BCUT2D eigenvalue weighted by Gasteiger charge is -2.34. The summed E-state index contributed by atoms with van der Waals surface area (Å²) in [6, 6.07) is 7.92. The molecule has 1 N–H and O–H groups in total. The summed E-state index contributed by atoms with van der Waals surface area (Å²) in [7, 11) is 0. The monoisotopic (exact) mass is 281 g/mol. The lowest BCUT2D eigenvalue weighted by Crippen LogP contribution is -2.47. The van der Waals surface area contributed by atoms with Crippen molar-refractivity contribution in [1.29, 1.82) is 0 Å². The summed E-state index contributed by atoms with van der Waals surface area (Å²) in [4.78, 5) is 5.09. The summed E-state index contributed by atoms with van der Waals surface area (Å²) in [6.07, 6.45) is 1.26. The molecule has 4 heteroatoms. The molecular weight excluding hydrogens is 258 g/mol. The van der Waals surface area contributed by atoms with Crippen molar-refractivity contribution in [1.82, 2.24) is 9.80 Å². The molecule has 0 spiro atoms. The molecule has 1 saturated heterocycles. The highest BCUT2D eigenvalue weighted by Crippen LogP contribution is 2.14. The first-order valence-corrected chi connectivity index (χ1v) is 7.60. The van der Waals surface area contributed by atoms with Gasteiger partial charge in [0.2, 0.25) is 0 Å². The predicted octanol–water partition coefficient (Wildman–Crippen LogP) is 2.78. The summed E-state index contributed by atoms with van der Waals surface area (Å²) in [5.74, 6) is 0. The van der Waals surface area contributed by atoms with E-state index in [0.717, 1.165) is 23.8 Å². The summed E-state index contributed by atoms with van der Waals surface area (Å²) in [6.45, 7) is 10.4. The highest BCUT2D eigenvalue weighted by Gasteiger charge is 2.15. The van der Waals surface area contributed by atoms with Gasteiger partial charge in [-0.3, -0.25) is 4.90 Å². The third kappa shape index (κ3) is 5.01. The average Bonchev–Trinajstić information content (AvgIpc) is 2.41. The van der Waals surface area contributed by atoms with Crippen molar-refractivity contribution in [2.75, 3.05) is 51.1 Å². The van der Waals surface area contributed by atoms with E-state index in [-0.39, 0.29) is 0 Å². The van der Waals surface area contributed by atoms with Crippen LogP contribution >= 0.6 is 11.6 Å². The Balaban J connectivity index is 1.64. The second-order valence-corrected chi connectivity index (χ2v) is 5.56. The summed E-state index contributed by atoms with van der Waals surface area (Å²) in [5.41, 5.74) is 1.11. The molecule has 1 aromatic rings. The maximum absolute atomic E-state index is 5.96. The van der Waals surface area contributed by atoms with Gasteiger partial charge in [0.1, 0.15) is 0 Å². The first-order chi connectivity index (χ1) is 9.28. The lowest BCUT2D eigenvalue weighted by atomic mass is 10.3. The molecule has 0 aromatic heterocycles. The number of halogens is 1. The molecule has 0 aliphatic carbocycles. The van der Waals surface area contributed by atoms with E-state index in [0.29, 0.717) is 0 Å². The SMILES string of the molecule is CCCN1CCN(CCNc2cccc(Cl)c2)CC1. The van der Waals surface area contributed by atoms with Crippen LogP contribution < -0.4 is 5.32 Å². The minimum Gasteiger partial charge on any atom is -0.384 e. The Hall–Kier alpha value is -0.770. The Labute approximate surface area is 121 Å². The molecule has 0 amide bonds. The standard InChI is InChI=1S/C15H24ClN3/c1-2-7-18-9-11-19(12-10-18)8-6-17-15-5-3-4-14(16)13-15/h3-5,13,17H,2,6-12H2,1H3. The van der Waals surface area contributed by atoms with E-state index >= 15 is 0 Å². The fraction of sp³-hybridized carbons (Fsp3) is 0.600. The molecule has 1 aromatic carbocycles. The highest BCUT2D eigenvalue weighted by atomic mass is 35.5. The number of anilines is 1. The van der Waals surface area contributed by atoms with E-state index in [9.17, 15) is 0 Å². The molecule has 2 rings (SSSR count). The van der Waals surface area contributed by atoms with Crippen LogP contribution in [0.25, 0.3) is 0 Å². The second kappa shape index (κ2) is 7.73. The molecule has 0 atom stereocenters. The summed E-state index contributed by atoms with van der Waals surface area (Å²) < 4.78 is 0. The Kier molecular flexibility index (Phi) is 5.95. The molecule has 1 aliphatic rings. The predicted molar refractivity (Wildman–Crippen MR) is 83.1 cm³/mol. The fourth-order valence-corrected chi connectivity index (χ4v) is 2.70. The minimum absolute atomic E-state index is 0.790. The van der Waals surface area contributed by atoms with E-state index in [2.05, 4.69) is 28.1 Å². The van der Waals surface area contributed by atoms with Crippen LogP contribution in [0.2, 0.25) is 5.02 Å². The van der Waals surface area contributed by atoms with Crippen molar-refractivity contribution in [2.24, 2.45) is 0 Å². The normalized spacial score (nSPS) is 17.6. The molecular formula is C15H24ClN3. The molecule has 3 nitrogen and oxygen atoms in total. The molecule has 1 heterocycles. The van der Waals surface area contributed by atoms with Crippen molar-refractivity contribution in [3.05, 3.63) is 29.3 Å². The van der Waals surface area contributed by atoms with Gasteiger partial charge in [-0.25, -0.2) is 0 Å². The van der Waals surface area contributed by atoms with Gasteiger partial charge >= 0.3 is 0 Å². The number of rotatable bonds is 6. The number of nitrogens with one attached hydrogen (secondary N) is 1. The Morgan fingerprint density at radius 3 is 2.42 bits per heavy atom. The quantitative estimate of drug-likeness (QED) is 0.865. The van der Waals surface area contributed by atoms with Crippen LogP contribution in [0.5, 0.6) is 0 Å². The maximum atomic E-state index is 5.96. The first kappa shape index (κ1) is 14.6. The van der Waals surface area contributed by atoms with Crippen LogP contribution in [-0.4, -0.2) is 55.6 Å². The van der Waals surface area contributed by atoms with Crippen LogP contribution in [0.1, 0.15) is 13.3 Å². The van der Waals surface area contributed by atoms with E-state index < -0.39 is 0 Å². The Bertz CT molecular complexity index is 375. The van der Waals surface area contributed by atoms with Gasteiger partial charge in [-0.15, -0.1) is 0 Å². The largest absolute Gasteiger partial charge is 0.384 e. The van der Waals surface area contributed by atoms with Crippen LogP contribution in [0.15, 0.2) is 24.3 Å². The van der Waals surface area contributed by atoms with Crippen LogP contribution in [0, 0.1) is 0 Å². The maximum Gasteiger partial charge on any atom is 0.0426 e. The van der Waals surface area contributed by atoms with E-state index in [1.807, 2.05) is 18.2 Å². The van der Waals surface area contributed by atoms with Gasteiger partial charge in [-0.2, -0.15) is 0 Å². The number of benzene rings is 1. The second-order valence-electron chi connectivity index (χ2n) is 5.12. The number of nitrogens with zero attached hydrogens (tertiary/aromatic N) is 2. The van der Waals surface area contributed by atoms with Crippen molar-refractivity contribution < 1.29 is 0 Å². The third-order valence-corrected chi connectivity index (χ3v) is 3.82. The summed E-state index contributed by atoms with van der Waals surface area (Å²) >= 11 is 5.96. The third-order valence-electron chi connectivity index (χ3n) is 3.59. The molecule has 0 unspecified atom stereocenters. The van der Waals surface area contributed by atoms with Gasteiger partial charge in [0, 0.05) is 50.0 Å². The zero-order valence-electron chi connectivity index (χ0n) is 11.7. The molecule has 0 bridgehead atoms. The van der Waals surface area contributed by atoms with Crippen LogP contribution in [0.3, 0.4) is 0 Å².